The summed E-state index contributed by atoms with van der Waals surface area (Å²) in [5.41, 5.74) is 1.22. The molecule has 0 saturated carbocycles. The molecule has 142 valence electrons. The Morgan fingerprint density at radius 3 is 2.54 bits per heavy atom. The fourth-order valence-electron chi connectivity index (χ4n) is 2.75. The Kier molecular flexibility index (Phi) is 4.88. The van der Waals surface area contributed by atoms with Gasteiger partial charge < -0.3 is 4.42 Å². The van der Waals surface area contributed by atoms with Crippen molar-refractivity contribution in [3.8, 4) is 0 Å². The summed E-state index contributed by atoms with van der Waals surface area (Å²) in [5.74, 6) is -0.588. The van der Waals surface area contributed by atoms with Gasteiger partial charge in [-0.15, -0.1) is 11.3 Å². The standard InChI is InChI=1S/C19H13NO5S3/c21-17(11-13-5-2-1-3-6-13)20(28(23,24)18-7-4-10-26-18)14-8-9-15-16(12-14)27-19(22)25-15/h1-10,12H,11H2. The lowest BCUT2D eigenvalue weighted by Gasteiger charge is -2.22. The van der Waals surface area contributed by atoms with Gasteiger partial charge in [0, 0.05) is 0 Å². The molecule has 9 heteroatoms. The number of hydrogen-bond donors (Lipinski definition) is 0. The van der Waals surface area contributed by atoms with Crippen molar-refractivity contribution < 1.29 is 17.6 Å². The van der Waals surface area contributed by atoms with Crippen LogP contribution in [0.15, 0.2) is 79.5 Å². The molecule has 4 rings (SSSR count). The molecule has 1 amide bonds. The lowest BCUT2D eigenvalue weighted by atomic mass is 10.1. The second-order valence-electron chi connectivity index (χ2n) is 5.84. The molecule has 2 heterocycles. The number of sulfonamides is 1. The SMILES string of the molecule is O=C(Cc1ccccc1)N(c1ccc2oc(=O)sc2c1)S(=O)(=O)c1cccs1. The zero-order chi connectivity index (χ0) is 19.7. The highest BCUT2D eigenvalue weighted by molar-refractivity contribution is 7.95. The second kappa shape index (κ2) is 7.34. The first-order valence-corrected chi connectivity index (χ1v) is 11.3. The molecule has 6 nitrogen and oxygen atoms in total. The van der Waals surface area contributed by atoms with Crippen LogP contribution in [-0.2, 0) is 21.2 Å². The Balaban J connectivity index is 1.82. The number of carbonyl (C=O) groups is 1. The topological polar surface area (TPSA) is 84.7 Å². The quantitative estimate of drug-likeness (QED) is 0.479. The summed E-state index contributed by atoms with van der Waals surface area (Å²) in [6.45, 7) is 0. The van der Waals surface area contributed by atoms with Gasteiger partial charge in [0.15, 0.2) is 0 Å². The molecular formula is C19H13NO5S3. The van der Waals surface area contributed by atoms with Crippen LogP contribution in [0.1, 0.15) is 5.56 Å². The zero-order valence-corrected chi connectivity index (χ0v) is 16.7. The Labute approximate surface area is 168 Å². The molecule has 0 N–H and O–H groups in total. The summed E-state index contributed by atoms with van der Waals surface area (Å²) >= 11 is 1.89. The highest BCUT2D eigenvalue weighted by atomic mass is 32.2. The van der Waals surface area contributed by atoms with Gasteiger partial charge in [0.05, 0.1) is 16.8 Å². The van der Waals surface area contributed by atoms with E-state index in [-0.39, 0.29) is 16.3 Å². The van der Waals surface area contributed by atoms with Crippen LogP contribution in [0, 0.1) is 0 Å². The van der Waals surface area contributed by atoms with Crippen LogP contribution in [0.4, 0.5) is 5.69 Å². The summed E-state index contributed by atoms with van der Waals surface area (Å²) in [6.07, 6.45) is -0.0783. The van der Waals surface area contributed by atoms with Gasteiger partial charge in [-0.2, -0.15) is 8.42 Å². The Morgan fingerprint density at radius 2 is 1.82 bits per heavy atom. The summed E-state index contributed by atoms with van der Waals surface area (Å²) in [7, 11) is -4.09. The van der Waals surface area contributed by atoms with Crippen LogP contribution < -0.4 is 9.24 Å². The van der Waals surface area contributed by atoms with E-state index in [1.165, 1.54) is 24.3 Å². The largest absolute Gasteiger partial charge is 0.414 e. The molecule has 0 bridgehead atoms. The molecule has 0 fully saturated rings. The zero-order valence-electron chi connectivity index (χ0n) is 14.3. The number of amides is 1. The average Bonchev–Trinajstić information content (AvgIpc) is 3.31. The van der Waals surface area contributed by atoms with Crippen molar-refractivity contribution in [3.05, 3.63) is 81.3 Å². The molecule has 0 unspecified atom stereocenters. The Morgan fingerprint density at radius 1 is 1.04 bits per heavy atom. The molecule has 2 aromatic carbocycles. The van der Waals surface area contributed by atoms with Crippen LogP contribution in [-0.4, -0.2) is 14.3 Å². The maximum atomic E-state index is 13.2. The van der Waals surface area contributed by atoms with E-state index in [4.69, 9.17) is 4.42 Å². The molecule has 0 aliphatic heterocycles. The van der Waals surface area contributed by atoms with Crippen molar-refractivity contribution in [2.75, 3.05) is 4.31 Å². The van der Waals surface area contributed by atoms with Crippen molar-refractivity contribution in [2.24, 2.45) is 0 Å². The van der Waals surface area contributed by atoms with Gasteiger partial charge in [-0.1, -0.05) is 47.7 Å². The fourth-order valence-corrected chi connectivity index (χ4v) is 5.93. The van der Waals surface area contributed by atoms with Crippen LogP contribution in [0.25, 0.3) is 10.3 Å². The Hall–Kier alpha value is -2.75. The van der Waals surface area contributed by atoms with Crippen LogP contribution >= 0.6 is 22.7 Å². The van der Waals surface area contributed by atoms with Crippen LogP contribution in [0.2, 0.25) is 0 Å². The van der Waals surface area contributed by atoms with E-state index >= 15 is 0 Å². The normalized spacial score (nSPS) is 11.6. The van der Waals surface area contributed by atoms with Crippen molar-refractivity contribution in [2.45, 2.75) is 10.6 Å². The molecule has 0 spiro atoms. The van der Waals surface area contributed by atoms with Crippen LogP contribution in [0.3, 0.4) is 0 Å². The summed E-state index contributed by atoms with van der Waals surface area (Å²) < 4.78 is 32.8. The molecule has 28 heavy (non-hydrogen) atoms. The minimum absolute atomic E-state index is 0.0642. The van der Waals surface area contributed by atoms with Crippen LogP contribution in [0.5, 0.6) is 0 Å². The van der Waals surface area contributed by atoms with Crippen molar-refractivity contribution in [1.29, 1.82) is 0 Å². The number of rotatable bonds is 5. The number of benzene rings is 2. The summed E-state index contributed by atoms with van der Waals surface area (Å²) in [6, 6.07) is 16.4. The number of hydrogen-bond acceptors (Lipinski definition) is 7. The van der Waals surface area contributed by atoms with E-state index in [0.717, 1.165) is 27.0 Å². The smallest absolute Gasteiger partial charge is 0.396 e. The lowest BCUT2D eigenvalue weighted by molar-refractivity contribution is -0.116. The van der Waals surface area contributed by atoms with Gasteiger partial charge in [-0.05, 0) is 35.2 Å². The van der Waals surface area contributed by atoms with E-state index in [2.05, 4.69) is 0 Å². The van der Waals surface area contributed by atoms with Gasteiger partial charge in [-0.25, -0.2) is 9.10 Å². The third kappa shape index (κ3) is 3.51. The number of thiophene rings is 1. The predicted octanol–water partition coefficient (Wildman–Crippen LogP) is 3.88. The maximum Gasteiger partial charge on any atom is 0.396 e. The number of nitrogens with zero attached hydrogens (tertiary/aromatic N) is 1. The maximum absolute atomic E-state index is 13.2. The number of fused-ring (bicyclic) bond motifs is 1. The van der Waals surface area contributed by atoms with Gasteiger partial charge in [0.2, 0.25) is 5.91 Å². The first-order valence-electron chi connectivity index (χ1n) is 8.14. The minimum atomic E-state index is -4.09. The molecule has 4 aromatic rings. The second-order valence-corrected chi connectivity index (χ2v) is 9.78. The Bertz CT molecular complexity index is 1290. The number of carbonyl (C=O) groups excluding carboxylic acids is 1. The van der Waals surface area contributed by atoms with Gasteiger partial charge >= 0.3 is 4.94 Å². The van der Waals surface area contributed by atoms with E-state index in [0.29, 0.717) is 15.8 Å². The van der Waals surface area contributed by atoms with E-state index < -0.39 is 20.9 Å². The fraction of sp³-hybridized carbons (Fsp3) is 0.0526. The average molecular weight is 432 g/mol. The number of anilines is 1. The third-order valence-electron chi connectivity index (χ3n) is 3.96. The molecule has 2 aromatic heterocycles. The van der Waals surface area contributed by atoms with Gasteiger partial charge in [-0.3, -0.25) is 4.79 Å². The highest BCUT2D eigenvalue weighted by Crippen LogP contribution is 2.30. The monoisotopic (exact) mass is 431 g/mol. The molecule has 0 atom stereocenters. The van der Waals surface area contributed by atoms with Gasteiger partial charge in [0.25, 0.3) is 10.0 Å². The molecule has 0 aliphatic carbocycles. The predicted molar refractivity (Wildman–Crippen MR) is 109 cm³/mol. The van der Waals surface area contributed by atoms with Crippen molar-refractivity contribution in [3.63, 3.8) is 0 Å². The summed E-state index contributed by atoms with van der Waals surface area (Å²) in [5, 5.41) is 1.64. The van der Waals surface area contributed by atoms with E-state index in [1.807, 2.05) is 6.07 Å². The molecule has 0 radical (unpaired) electrons. The summed E-state index contributed by atoms with van der Waals surface area (Å²) in [4.78, 5) is 24.1. The lowest BCUT2D eigenvalue weighted by Crippen LogP contribution is -2.37. The van der Waals surface area contributed by atoms with Crippen molar-refractivity contribution in [1.82, 2.24) is 0 Å². The first-order chi connectivity index (χ1) is 13.4. The first kappa shape index (κ1) is 18.6. The molecular weight excluding hydrogens is 418 g/mol. The van der Waals surface area contributed by atoms with E-state index in [9.17, 15) is 18.0 Å². The molecule has 0 saturated heterocycles. The van der Waals surface area contributed by atoms with Gasteiger partial charge in [0.1, 0.15) is 9.79 Å². The van der Waals surface area contributed by atoms with Crippen molar-refractivity contribution >= 4 is 54.6 Å². The minimum Gasteiger partial charge on any atom is -0.414 e. The molecule has 0 aliphatic rings. The highest BCUT2D eigenvalue weighted by Gasteiger charge is 2.32. The van der Waals surface area contributed by atoms with E-state index in [1.54, 1.807) is 35.7 Å². The third-order valence-corrected chi connectivity index (χ3v) is 7.87.